The molecule has 0 saturated heterocycles. The molecular weight excluding hydrogens is 496 g/mol. The first kappa shape index (κ1) is 26.4. The first-order valence-electron chi connectivity index (χ1n) is 10.6. The van der Waals surface area contributed by atoms with Crippen molar-refractivity contribution in [2.75, 3.05) is 38.9 Å². The van der Waals surface area contributed by atoms with E-state index >= 15 is 0 Å². The monoisotopic (exact) mass is 522 g/mol. The highest BCUT2D eigenvalue weighted by Gasteiger charge is 2.25. The van der Waals surface area contributed by atoms with E-state index in [1.807, 2.05) is 47.0 Å². The number of rotatable bonds is 12. The van der Waals surface area contributed by atoms with Crippen molar-refractivity contribution in [1.82, 2.24) is 4.57 Å². The summed E-state index contributed by atoms with van der Waals surface area (Å²) < 4.78 is 6.84. The number of halogens is 1. The van der Waals surface area contributed by atoms with Gasteiger partial charge in [0.2, 0.25) is 0 Å². The Labute approximate surface area is 212 Å². The molecule has 0 amide bonds. The fourth-order valence-corrected chi connectivity index (χ4v) is 6.56. The van der Waals surface area contributed by atoms with E-state index in [0.29, 0.717) is 28.8 Å². The van der Waals surface area contributed by atoms with E-state index < -0.39 is 5.97 Å². The van der Waals surface area contributed by atoms with Gasteiger partial charge in [0.1, 0.15) is 12.3 Å². The second-order valence-corrected chi connectivity index (χ2v) is 10.2. The Balaban J connectivity index is 2.12. The minimum Gasteiger partial charge on any atom is -0.464 e. The number of carbonyl (C=O) groups is 1. The Morgan fingerprint density at radius 2 is 1.71 bits per heavy atom. The average Bonchev–Trinajstić information content (AvgIpc) is 3.14. The van der Waals surface area contributed by atoms with Crippen molar-refractivity contribution in [3.05, 3.63) is 70.4 Å². The Bertz CT molecular complexity index is 1140. The number of para-hydroxylation sites is 1. The van der Waals surface area contributed by atoms with Gasteiger partial charge in [-0.05, 0) is 11.6 Å². The second-order valence-electron chi connectivity index (χ2n) is 7.10. The Morgan fingerprint density at radius 3 is 2.35 bits per heavy atom. The number of hydrogen-bond acceptors (Lipinski definition) is 8. The molecule has 7 nitrogen and oxygen atoms in total. The number of hydrogen-bond donors (Lipinski definition) is 2. The molecule has 2 aromatic carbocycles. The molecule has 0 spiro atoms. The van der Waals surface area contributed by atoms with Gasteiger partial charge in [0.15, 0.2) is 5.71 Å². The summed E-state index contributed by atoms with van der Waals surface area (Å²) in [5, 5.41) is 24.2. The number of aliphatic hydroxyl groups excluding tert-OH is 2. The van der Waals surface area contributed by atoms with Crippen LogP contribution in [0.15, 0.2) is 53.7 Å². The maximum atomic E-state index is 12.4. The van der Waals surface area contributed by atoms with E-state index in [1.165, 1.54) is 14.2 Å². The van der Waals surface area contributed by atoms with Crippen molar-refractivity contribution in [2.45, 2.75) is 11.1 Å². The molecular formula is C24H27ClN2O5S2. The quantitative estimate of drug-likeness (QED) is 0.158. The topological polar surface area (TPSA) is 93.3 Å². The van der Waals surface area contributed by atoms with Gasteiger partial charge in [0, 0.05) is 40.1 Å². The number of aliphatic hydroxyl groups is 2. The normalized spacial score (nSPS) is 11.9. The van der Waals surface area contributed by atoms with Crippen molar-refractivity contribution in [1.29, 1.82) is 0 Å². The van der Waals surface area contributed by atoms with Crippen LogP contribution >= 0.6 is 35.1 Å². The van der Waals surface area contributed by atoms with Crippen LogP contribution in [-0.2, 0) is 20.9 Å². The zero-order valence-electron chi connectivity index (χ0n) is 18.9. The number of thioether (sulfide) groups is 2. The summed E-state index contributed by atoms with van der Waals surface area (Å²) in [7, 11) is 2.68. The lowest BCUT2D eigenvalue weighted by Gasteiger charge is -2.16. The molecule has 0 aliphatic carbocycles. The van der Waals surface area contributed by atoms with Gasteiger partial charge in [-0.25, -0.2) is 4.79 Å². The lowest BCUT2D eigenvalue weighted by Crippen LogP contribution is -2.20. The molecule has 1 heterocycles. The van der Waals surface area contributed by atoms with Crippen LogP contribution in [0.4, 0.5) is 0 Å². The van der Waals surface area contributed by atoms with Gasteiger partial charge in [-0.15, -0.1) is 23.5 Å². The molecule has 1 aromatic heterocycles. The number of benzene rings is 2. The molecule has 3 rings (SSSR count). The van der Waals surface area contributed by atoms with Crippen LogP contribution in [0.2, 0.25) is 5.15 Å². The lowest BCUT2D eigenvalue weighted by atomic mass is 10.0. The summed E-state index contributed by atoms with van der Waals surface area (Å²) >= 11 is 10.2. The molecule has 2 N–H and O–H groups in total. The number of carbonyl (C=O) groups excluding carboxylic acids is 1. The zero-order valence-corrected chi connectivity index (χ0v) is 21.3. The van der Waals surface area contributed by atoms with E-state index in [-0.39, 0.29) is 23.5 Å². The summed E-state index contributed by atoms with van der Waals surface area (Å²) in [6.07, 6.45) is 0. The molecule has 0 unspecified atom stereocenters. The highest BCUT2D eigenvalue weighted by molar-refractivity contribution is 8.16. The van der Waals surface area contributed by atoms with Gasteiger partial charge in [-0.1, -0.05) is 59.2 Å². The predicted octanol–water partition coefficient (Wildman–Crippen LogP) is 4.32. The first-order chi connectivity index (χ1) is 16.6. The molecule has 182 valence electrons. The number of fused-ring (bicyclic) bond motifs is 1. The van der Waals surface area contributed by atoms with Gasteiger partial charge in [0.25, 0.3) is 0 Å². The summed E-state index contributed by atoms with van der Waals surface area (Å²) in [6, 6.07) is 15.4. The highest BCUT2D eigenvalue weighted by atomic mass is 35.5. The molecule has 3 aromatic rings. The molecule has 0 saturated carbocycles. The van der Waals surface area contributed by atoms with Crippen LogP contribution in [0.5, 0.6) is 0 Å². The summed E-state index contributed by atoms with van der Waals surface area (Å²) in [6.45, 7) is 0.497. The number of aromatic nitrogens is 1. The van der Waals surface area contributed by atoms with Crippen LogP contribution in [-0.4, -0.2) is 65.4 Å². The van der Waals surface area contributed by atoms with Crippen molar-refractivity contribution in [3.8, 4) is 0 Å². The van der Waals surface area contributed by atoms with Crippen molar-refractivity contribution < 1.29 is 24.6 Å². The van der Waals surface area contributed by atoms with Gasteiger partial charge >= 0.3 is 5.97 Å². The minimum atomic E-state index is -0.598. The summed E-state index contributed by atoms with van der Waals surface area (Å²) in [5.74, 6) is 0.509. The summed E-state index contributed by atoms with van der Waals surface area (Å²) in [5.41, 5.74) is 3.38. The molecule has 34 heavy (non-hydrogen) atoms. The smallest absolute Gasteiger partial charge is 0.360 e. The standard InChI is InChI=1S/C24H27ClN2O5S2/c1-31-23(30)21(26-32-2)17-8-4-3-7-16(17)15-27-19-10-6-5-9-18(19)20(22(27)25)24(33-13-11-28)34-14-12-29/h3-10,24,28-29H,11-15H2,1-2H3/b26-21+. The van der Waals surface area contributed by atoms with Crippen LogP contribution in [0.1, 0.15) is 21.3 Å². The van der Waals surface area contributed by atoms with E-state index in [2.05, 4.69) is 5.16 Å². The average molecular weight is 523 g/mol. The lowest BCUT2D eigenvalue weighted by molar-refractivity contribution is -0.132. The third-order valence-corrected chi connectivity index (χ3v) is 8.20. The van der Waals surface area contributed by atoms with E-state index in [1.54, 1.807) is 29.6 Å². The maximum Gasteiger partial charge on any atom is 0.360 e. The maximum absolute atomic E-state index is 12.4. The van der Waals surface area contributed by atoms with Gasteiger partial charge in [-0.3, -0.25) is 0 Å². The Hall–Kier alpha value is -2.17. The third-order valence-electron chi connectivity index (χ3n) is 5.06. The number of ether oxygens (including phenoxy) is 1. The molecule has 0 aliphatic rings. The summed E-state index contributed by atoms with van der Waals surface area (Å²) in [4.78, 5) is 17.3. The van der Waals surface area contributed by atoms with Crippen LogP contribution in [0.3, 0.4) is 0 Å². The molecule has 0 fully saturated rings. The molecule has 0 bridgehead atoms. The van der Waals surface area contributed by atoms with E-state index in [9.17, 15) is 15.0 Å². The second kappa shape index (κ2) is 13.1. The minimum absolute atomic E-state index is 0.0552. The molecule has 0 radical (unpaired) electrons. The fourth-order valence-electron chi connectivity index (χ4n) is 3.66. The number of esters is 1. The Morgan fingerprint density at radius 1 is 1.06 bits per heavy atom. The van der Waals surface area contributed by atoms with Crippen LogP contribution in [0.25, 0.3) is 10.9 Å². The van der Waals surface area contributed by atoms with Gasteiger partial charge in [-0.2, -0.15) is 0 Å². The van der Waals surface area contributed by atoms with Crippen molar-refractivity contribution in [2.24, 2.45) is 5.16 Å². The first-order valence-corrected chi connectivity index (χ1v) is 13.0. The van der Waals surface area contributed by atoms with Crippen molar-refractivity contribution >= 4 is 57.7 Å². The van der Waals surface area contributed by atoms with Gasteiger partial charge in [0.05, 0.1) is 24.9 Å². The van der Waals surface area contributed by atoms with E-state index in [4.69, 9.17) is 21.2 Å². The van der Waals surface area contributed by atoms with Gasteiger partial charge < -0.3 is 24.4 Å². The number of oxime groups is 1. The number of nitrogens with zero attached hydrogens (tertiary/aromatic N) is 2. The fraction of sp³-hybridized carbons (Fsp3) is 0.333. The molecule has 0 aliphatic heterocycles. The largest absolute Gasteiger partial charge is 0.464 e. The van der Waals surface area contributed by atoms with Crippen LogP contribution in [0, 0.1) is 0 Å². The predicted molar refractivity (Wildman–Crippen MR) is 140 cm³/mol. The third kappa shape index (κ3) is 5.90. The van der Waals surface area contributed by atoms with E-state index in [0.717, 1.165) is 22.0 Å². The highest BCUT2D eigenvalue weighted by Crippen LogP contribution is 2.47. The molecule has 0 atom stereocenters. The van der Waals surface area contributed by atoms with Crippen LogP contribution < -0.4 is 0 Å². The molecule has 10 heteroatoms. The number of methoxy groups -OCH3 is 1. The Kier molecular flexibility index (Phi) is 10.2. The van der Waals surface area contributed by atoms with Crippen molar-refractivity contribution in [3.63, 3.8) is 0 Å². The SMILES string of the molecule is CO/N=C(/C(=O)OC)c1ccccc1Cn1c(Cl)c(C(SCCO)SCCO)c2ccccc21. The zero-order chi connectivity index (χ0) is 24.5.